The van der Waals surface area contributed by atoms with E-state index in [1.54, 1.807) is 24.1 Å². The molecule has 1 amide bonds. The van der Waals surface area contributed by atoms with Crippen LogP contribution in [0, 0.1) is 5.82 Å². The molecule has 0 fully saturated rings. The van der Waals surface area contributed by atoms with E-state index in [9.17, 15) is 9.18 Å². The highest BCUT2D eigenvalue weighted by Gasteiger charge is 2.08. The van der Waals surface area contributed by atoms with E-state index >= 15 is 0 Å². The van der Waals surface area contributed by atoms with Gasteiger partial charge in [-0.2, -0.15) is 0 Å². The third kappa shape index (κ3) is 6.52. The minimum absolute atomic E-state index is 0.0242. The molecule has 0 aromatic heterocycles. The summed E-state index contributed by atoms with van der Waals surface area (Å²) in [5.41, 5.74) is 0. The largest absolute Gasteiger partial charge is 0.493 e. The predicted octanol–water partition coefficient (Wildman–Crippen LogP) is 2.22. The lowest BCUT2D eigenvalue weighted by Gasteiger charge is -2.17. The second-order valence-electron chi connectivity index (χ2n) is 4.65. The number of amides is 1. The smallest absolute Gasteiger partial charge is 0.225 e. The van der Waals surface area contributed by atoms with Gasteiger partial charge in [0.2, 0.25) is 5.91 Å². The van der Waals surface area contributed by atoms with Crippen LogP contribution in [0.3, 0.4) is 0 Å². The minimum Gasteiger partial charge on any atom is -0.493 e. The van der Waals surface area contributed by atoms with E-state index in [0.717, 1.165) is 19.3 Å². The van der Waals surface area contributed by atoms with E-state index in [1.165, 1.54) is 12.1 Å². The Morgan fingerprint density at radius 3 is 2.60 bits per heavy atom. The number of nitrogens with zero attached hydrogens (tertiary/aromatic N) is 1. The van der Waals surface area contributed by atoms with Crippen molar-refractivity contribution in [2.24, 2.45) is 0 Å². The molecule has 0 saturated carbocycles. The van der Waals surface area contributed by atoms with Crippen LogP contribution < -0.4 is 4.74 Å². The van der Waals surface area contributed by atoms with Gasteiger partial charge in [-0.3, -0.25) is 4.79 Å². The Hall–Kier alpha value is -1.62. The Bertz CT molecular complexity index is 395. The minimum atomic E-state index is -0.309. The Kier molecular flexibility index (Phi) is 7.65. The molecule has 0 radical (unpaired) electrons. The van der Waals surface area contributed by atoms with Crippen LogP contribution in [0.2, 0.25) is 0 Å². The fourth-order valence-corrected chi connectivity index (χ4v) is 1.74. The highest BCUT2D eigenvalue weighted by molar-refractivity contribution is 5.75. The van der Waals surface area contributed by atoms with Gasteiger partial charge in [0, 0.05) is 20.2 Å². The number of rotatable bonds is 9. The van der Waals surface area contributed by atoms with E-state index < -0.39 is 0 Å². The van der Waals surface area contributed by atoms with Crippen molar-refractivity contribution in [1.29, 1.82) is 0 Å². The average Bonchev–Trinajstić information content (AvgIpc) is 2.45. The van der Waals surface area contributed by atoms with Gasteiger partial charge in [0.05, 0.1) is 13.0 Å². The molecule has 5 heteroatoms. The molecule has 0 heterocycles. The van der Waals surface area contributed by atoms with Crippen molar-refractivity contribution in [3.8, 4) is 5.75 Å². The molecule has 1 aromatic carbocycles. The van der Waals surface area contributed by atoms with Gasteiger partial charge in [-0.15, -0.1) is 0 Å². The van der Waals surface area contributed by atoms with Crippen molar-refractivity contribution in [3.63, 3.8) is 0 Å². The maximum absolute atomic E-state index is 12.7. The first-order valence-corrected chi connectivity index (χ1v) is 6.86. The second-order valence-corrected chi connectivity index (χ2v) is 4.65. The van der Waals surface area contributed by atoms with E-state index in [4.69, 9.17) is 9.84 Å². The Balaban J connectivity index is 2.17. The molecule has 20 heavy (non-hydrogen) atoms. The number of carbonyl (C=O) groups is 1. The molecule has 0 aliphatic rings. The summed E-state index contributed by atoms with van der Waals surface area (Å²) in [6.07, 6.45) is 2.88. The van der Waals surface area contributed by atoms with Gasteiger partial charge in [0.1, 0.15) is 11.6 Å². The molecule has 0 aliphatic carbocycles. The highest BCUT2D eigenvalue weighted by Crippen LogP contribution is 2.11. The van der Waals surface area contributed by atoms with E-state index in [-0.39, 0.29) is 24.9 Å². The number of halogens is 1. The highest BCUT2D eigenvalue weighted by atomic mass is 19.1. The van der Waals surface area contributed by atoms with Crippen LogP contribution in [0.15, 0.2) is 24.3 Å². The first-order valence-electron chi connectivity index (χ1n) is 6.86. The van der Waals surface area contributed by atoms with Crippen LogP contribution in [0.4, 0.5) is 4.39 Å². The maximum Gasteiger partial charge on any atom is 0.225 e. The summed E-state index contributed by atoms with van der Waals surface area (Å²) in [7, 11) is 1.76. The lowest BCUT2D eigenvalue weighted by atomic mass is 10.2. The van der Waals surface area contributed by atoms with Crippen molar-refractivity contribution < 1.29 is 19.0 Å². The molecule has 0 aliphatic heterocycles. The van der Waals surface area contributed by atoms with Crippen molar-refractivity contribution in [2.75, 3.05) is 26.8 Å². The molecule has 112 valence electrons. The Morgan fingerprint density at radius 1 is 1.25 bits per heavy atom. The molecule has 1 rings (SSSR count). The maximum atomic E-state index is 12.7. The Labute approximate surface area is 119 Å². The lowest BCUT2D eigenvalue weighted by molar-refractivity contribution is -0.130. The molecule has 1 N–H and O–H groups in total. The van der Waals surface area contributed by atoms with Crippen LogP contribution in [-0.4, -0.2) is 42.7 Å². The molecular formula is C15H22FNO3. The zero-order valence-electron chi connectivity index (χ0n) is 11.8. The van der Waals surface area contributed by atoms with Gasteiger partial charge in [-0.25, -0.2) is 4.39 Å². The van der Waals surface area contributed by atoms with Crippen LogP contribution in [0.5, 0.6) is 5.75 Å². The van der Waals surface area contributed by atoms with Gasteiger partial charge in [0.25, 0.3) is 0 Å². The van der Waals surface area contributed by atoms with Crippen molar-refractivity contribution in [2.45, 2.75) is 25.7 Å². The van der Waals surface area contributed by atoms with Gasteiger partial charge >= 0.3 is 0 Å². The number of hydrogen-bond donors (Lipinski definition) is 1. The van der Waals surface area contributed by atoms with Crippen LogP contribution >= 0.6 is 0 Å². The monoisotopic (exact) mass is 283 g/mol. The third-order valence-corrected chi connectivity index (χ3v) is 2.98. The SMILES string of the molecule is CN(CCCCCO)C(=O)CCOc1ccc(F)cc1. The molecule has 0 unspecified atom stereocenters. The van der Waals surface area contributed by atoms with Crippen molar-refractivity contribution >= 4 is 5.91 Å². The number of carbonyl (C=O) groups excluding carboxylic acids is 1. The van der Waals surface area contributed by atoms with Gasteiger partial charge in [-0.05, 0) is 43.5 Å². The normalized spacial score (nSPS) is 10.3. The molecule has 0 spiro atoms. The summed E-state index contributed by atoms with van der Waals surface area (Å²) < 4.78 is 18.1. The summed E-state index contributed by atoms with van der Waals surface area (Å²) in [6.45, 7) is 1.17. The summed E-state index contributed by atoms with van der Waals surface area (Å²) in [4.78, 5) is 13.5. The summed E-state index contributed by atoms with van der Waals surface area (Å²) in [5, 5.41) is 8.66. The molecule has 4 nitrogen and oxygen atoms in total. The fraction of sp³-hybridized carbons (Fsp3) is 0.533. The number of benzene rings is 1. The Morgan fingerprint density at radius 2 is 1.95 bits per heavy atom. The standard InChI is InChI=1S/C15H22FNO3/c1-17(10-3-2-4-11-18)15(19)9-12-20-14-7-5-13(16)6-8-14/h5-8,18H,2-4,9-12H2,1H3. The molecule has 0 bridgehead atoms. The zero-order valence-corrected chi connectivity index (χ0v) is 11.8. The van der Waals surface area contributed by atoms with Crippen LogP contribution in [-0.2, 0) is 4.79 Å². The fourth-order valence-electron chi connectivity index (χ4n) is 1.74. The van der Waals surface area contributed by atoms with E-state index in [0.29, 0.717) is 18.7 Å². The molecular weight excluding hydrogens is 261 g/mol. The summed E-state index contributed by atoms with van der Waals surface area (Å²) >= 11 is 0. The zero-order chi connectivity index (χ0) is 14.8. The van der Waals surface area contributed by atoms with Gasteiger partial charge < -0.3 is 14.7 Å². The van der Waals surface area contributed by atoms with E-state index in [1.807, 2.05) is 0 Å². The van der Waals surface area contributed by atoms with Crippen molar-refractivity contribution in [1.82, 2.24) is 4.90 Å². The second kappa shape index (κ2) is 9.31. The number of aliphatic hydroxyl groups is 1. The molecule has 0 atom stereocenters. The molecule has 0 saturated heterocycles. The number of aliphatic hydroxyl groups excluding tert-OH is 1. The van der Waals surface area contributed by atoms with Gasteiger partial charge in [-0.1, -0.05) is 0 Å². The molecule has 1 aromatic rings. The third-order valence-electron chi connectivity index (χ3n) is 2.98. The quantitative estimate of drug-likeness (QED) is 0.707. The van der Waals surface area contributed by atoms with E-state index in [2.05, 4.69) is 0 Å². The summed E-state index contributed by atoms with van der Waals surface area (Å²) in [5.74, 6) is 0.275. The number of unbranched alkanes of at least 4 members (excludes halogenated alkanes) is 2. The average molecular weight is 283 g/mol. The lowest BCUT2D eigenvalue weighted by Crippen LogP contribution is -2.28. The van der Waals surface area contributed by atoms with Gasteiger partial charge in [0.15, 0.2) is 0 Å². The topological polar surface area (TPSA) is 49.8 Å². The van der Waals surface area contributed by atoms with Crippen LogP contribution in [0.1, 0.15) is 25.7 Å². The first-order chi connectivity index (χ1) is 9.63. The number of hydrogen-bond acceptors (Lipinski definition) is 3. The van der Waals surface area contributed by atoms with Crippen molar-refractivity contribution in [3.05, 3.63) is 30.1 Å². The first kappa shape index (κ1) is 16.4. The van der Waals surface area contributed by atoms with Crippen LogP contribution in [0.25, 0.3) is 0 Å². The predicted molar refractivity (Wildman–Crippen MR) is 75.1 cm³/mol. The summed E-state index contributed by atoms with van der Waals surface area (Å²) in [6, 6.07) is 5.73. The number of ether oxygens (including phenoxy) is 1.